The Morgan fingerprint density at radius 1 is 0.638 bits per heavy atom. The number of hydrogen-bond acceptors (Lipinski definition) is 20. The Balaban J connectivity index is 0.938. The highest BCUT2D eigenvalue weighted by molar-refractivity contribution is 6.00. The third-order valence-electron chi connectivity index (χ3n) is 20.1. The summed E-state index contributed by atoms with van der Waals surface area (Å²) in [6, 6.07) is 6.87. The fraction of sp³-hybridized carbons (Fsp3) is 0.627. The van der Waals surface area contributed by atoms with Gasteiger partial charge in [0.25, 0.3) is 5.91 Å². The lowest BCUT2D eigenvalue weighted by Gasteiger charge is -2.44. The van der Waals surface area contributed by atoms with Crippen molar-refractivity contribution < 1.29 is 84.6 Å². The van der Waals surface area contributed by atoms with Crippen LogP contribution in [0.15, 0.2) is 66.7 Å². The summed E-state index contributed by atoms with van der Waals surface area (Å²) in [5, 5.41) is 124. The predicted octanol–water partition coefficient (Wildman–Crippen LogP) is -1.69. The van der Waals surface area contributed by atoms with Gasteiger partial charge in [-0.3, -0.25) is 38.5 Å². The molecule has 4 aliphatic heterocycles. The molecule has 516 valence electrons. The zero-order chi connectivity index (χ0) is 67.5. The second-order valence-electron chi connectivity index (χ2n) is 26.7. The fourth-order valence-electron chi connectivity index (χ4n) is 14.6. The number of benzene rings is 3. The first-order valence-electron chi connectivity index (χ1n) is 33.4. The van der Waals surface area contributed by atoms with Gasteiger partial charge in [0.2, 0.25) is 35.4 Å². The summed E-state index contributed by atoms with van der Waals surface area (Å²) in [5.41, 5.74) is 3.00. The van der Waals surface area contributed by atoms with Crippen molar-refractivity contribution in [2.75, 3.05) is 70.5 Å². The van der Waals surface area contributed by atoms with E-state index in [0.717, 1.165) is 83.7 Å². The molecule has 0 bridgehead atoms. The van der Waals surface area contributed by atoms with Crippen LogP contribution in [0.1, 0.15) is 107 Å². The molecular formula is C67H96N10O17. The van der Waals surface area contributed by atoms with E-state index >= 15 is 0 Å². The first-order chi connectivity index (χ1) is 45.0. The van der Waals surface area contributed by atoms with Crippen LogP contribution in [0.2, 0.25) is 0 Å². The van der Waals surface area contributed by atoms with Crippen molar-refractivity contribution in [3.8, 4) is 22.6 Å². The summed E-state index contributed by atoms with van der Waals surface area (Å²) in [5.74, 6) is -7.81. The van der Waals surface area contributed by atoms with Crippen LogP contribution in [0, 0.1) is 17.8 Å². The van der Waals surface area contributed by atoms with E-state index in [-0.39, 0.29) is 30.6 Å². The van der Waals surface area contributed by atoms with Gasteiger partial charge in [0.15, 0.2) is 11.5 Å². The summed E-state index contributed by atoms with van der Waals surface area (Å²) in [4.78, 5) is 109. The largest absolute Gasteiger partial charge is 0.504 e. The van der Waals surface area contributed by atoms with Crippen molar-refractivity contribution in [2.24, 2.45) is 17.8 Å². The lowest BCUT2D eigenvalue weighted by Crippen LogP contribution is -2.64. The summed E-state index contributed by atoms with van der Waals surface area (Å²) >= 11 is 0. The third-order valence-corrected chi connectivity index (χ3v) is 20.1. The van der Waals surface area contributed by atoms with Gasteiger partial charge in [-0.15, -0.1) is 0 Å². The minimum Gasteiger partial charge on any atom is -0.504 e. The van der Waals surface area contributed by atoms with Crippen LogP contribution in [0.5, 0.6) is 11.5 Å². The number of nitrogens with one attached hydrogen (secondary N) is 6. The van der Waals surface area contributed by atoms with Crippen molar-refractivity contribution in [2.45, 2.75) is 182 Å². The third kappa shape index (κ3) is 17.5. The lowest BCUT2D eigenvalue weighted by molar-refractivity contribution is -0.147. The lowest BCUT2D eigenvalue weighted by atomic mass is 9.72. The normalized spacial score (nSPS) is 29.5. The number of nitrogens with zero attached hydrogens (tertiary/aromatic N) is 4. The molecular weight excluding hydrogens is 1220 g/mol. The number of anilines is 1. The molecule has 7 amide bonds. The van der Waals surface area contributed by atoms with Crippen molar-refractivity contribution in [3.05, 3.63) is 77.9 Å². The number of piperazine rings is 1. The van der Waals surface area contributed by atoms with Gasteiger partial charge in [-0.05, 0) is 110 Å². The van der Waals surface area contributed by atoms with Crippen molar-refractivity contribution in [1.82, 2.24) is 46.6 Å². The number of aliphatic hydroxyl groups is 8. The minimum atomic E-state index is -2.11. The van der Waals surface area contributed by atoms with Gasteiger partial charge in [-0.1, -0.05) is 69.4 Å². The number of β-amino-alcohol motifs (C(OH)–C–C–N with tert-alkyl or cyclic N) is 1. The molecule has 4 saturated heterocycles. The number of carbonyl (C=O) groups excluding carboxylic acids is 7. The molecule has 16 N–H and O–H groups in total. The highest BCUT2D eigenvalue weighted by Gasteiger charge is 2.50. The maximum Gasteiger partial charge on any atom is 0.251 e. The van der Waals surface area contributed by atoms with Crippen LogP contribution in [0.4, 0.5) is 5.69 Å². The van der Waals surface area contributed by atoms with Gasteiger partial charge >= 0.3 is 0 Å². The smallest absolute Gasteiger partial charge is 0.251 e. The molecule has 1 unspecified atom stereocenters. The molecule has 9 rings (SSSR count). The van der Waals surface area contributed by atoms with Crippen LogP contribution in [0.3, 0.4) is 0 Å². The molecule has 13 atom stereocenters. The molecule has 0 spiro atoms. The average Bonchev–Trinajstić information content (AvgIpc) is 1.63. The second kappa shape index (κ2) is 32.6. The topological polar surface area (TPSA) is 407 Å². The van der Waals surface area contributed by atoms with Crippen molar-refractivity contribution >= 4 is 47.0 Å². The number of rotatable bonds is 17. The molecule has 2 saturated carbocycles. The van der Waals surface area contributed by atoms with E-state index in [2.05, 4.69) is 53.8 Å². The van der Waals surface area contributed by atoms with Gasteiger partial charge in [-0.2, -0.15) is 0 Å². The standard InChI is InChI=1S/C67H96N10O17/c1-37-33-77-59(60(37)87)65(92)69-32-48(81)30-50(70-61(88)44-11-9-41(10-12-44)43-15-19-47(20-16-43)75-26-24-74(25-27-75)46-17-13-42(14-18-46)40-6-4-3-5-7-40)62(89)71-56(38(2)80)66(93)76-34-49(82)31-51(76)63(90)72-57(55(86)29-39-8-21-52(83)54(85)28-39)64(91)73-58(67(77)94)53(84)22-23-68-45(35-78)36-79/h8-12,15-16,19-21,28,37-38,40,42,45-46,48-51,53,55-60,68,78-87H,3-7,13-14,17-18,22-27,29-36H2,1-2H3,(H,69,92)(H,70,88)(H,71,89)(H,72,90)(H,73,91)/t37-,38+,42?,46?,48+,49+,50?,51-,53+,55+,56-,57-,58-,59-,60-/m0/s1. The highest BCUT2D eigenvalue weighted by Crippen LogP contribution is 2.40. The Hall–Kier alpha value is -7.05. The van der Waals surface area contributed by atoms with E-state index in [4.69, 9.17) is 0 Å². The summed E-state index contributed by atoms with van der Waals surface area (Å²) in [6.45, 7) is 3.81. The van der Waals surface area contributed by atoms with E-state index in [1.54, 1.807) is 24.3 Å². The molecule has 0 radical (unpaired) electrons. The molecule has 3 aromatic rings. The Kier molecular flexibility index (Phi) is 24.7. The van der Waals surface area contributed by atoms with E-state index in [1.807, 2.05) is 12.1 Å². The molecule has 94 heavy (non-hydrogen) atoms. The molecule has 3 aromatic carbocycles. The number of fused-ring (bicyclic) bond motifs is 2. The maximum absolute atomic E-state index is 14.9. The molecule has 27 heteroatoms. The predicted molar refractivity (Wildman–Crippen MR) is 343 cm³/mol. The van der Waals surface area contributed by atoms with Crippen LogP contribution in [-0.4, -0.2) is 258 Å². The number of phenols is 2. The molecule has 0 aromatic heterocycles. The first-order valence-corrected chi connectivity index (χ1v) is 33.4. The number of phenolic OH excluding ortho intramolecular Hbond substituents is 2. The van der Waals surface area contributed by atoms with E-state index in [9.17, 15) is 84.6 Å². The van der Waals surface area contributed by atoms with Gasteiger partial charge in [0.1, 0.15) is 36.3 Å². The van der Waals surface area contributed by atoms with Gasteiger partial charge in [0, 0.05) is 88.3 Å². The number of hydrogen-bond donors (Lipinski definition) is 16. The fourth-order valence-corrected chi connectivity index (χ4v) is 14.6. The van der Waals surface area contributed by atoms with Crippen LogP contribution in [0.25, 0.3) is 11.1 Å². The zero-order valence-corrected chi connectivity index (χ0v) is 53.5. The molecule has 2 aliphatic carbocycles. The van der Waals surface area contributed by atoms with Crippen LogP contribution < -0.4 is 36.8 Å². The summed E-state index contributed by atoms with van der Waals surface area (Å²) in [7, 11) is 0. The van der Waals surface area contributed by atoms with Gasteiger partial charge in [-0.25, -0.2) is 0 Å². The van der Waals surface area contributed by atoms with E-state index in [1.165, 1.54) is 70.8 Å². The number of carbonyl (C=O) groups is 7. The average molecular weight is 1310 g/mol. The van der Waals surface area contributed by atoms with Crippen LogP contribution in [-0.2, 0) is 35.2 Å². The Labute approximate surface area is 547 Å². The molecule has 6 aliphatic rings. The monoisotopic (exact) mass is 1310 g/mol. The quantitative estimate of drug-likeness (QED) is 0.0670. The molecule has 4 heterocycles. The van der Waals surface area contributed by atoms with E-state index in [0.29, 0.717) is 6.04 Å². The summed E-state index contributed by atoms with van der Waals surface area (Å²) in [6.07, 6.45) is 0.00741. The Bertz CT molecular complexity index is 3060. The Morgan fingerprint density at radius 3 is 1.89 bits per heavy atom. The highest BCUT2D eigenvalue weighted by atomic mass is 16.3. The Morgan fingerprint density at radius 2 is 1.26 bits per heavy atom. The van der Waals surface area contributed by atoms with Crippen molar-refractivity contribution in [1.29, 1.82) is 0 Å². The molecule has 27 nitrogen and oxygen atoms in total. The zero-order valence-electron chi connectivity index (χ0n) is 53.5. The number of amides is 7. The first kappa shape index (κ1) is 71.2. The second-order valence-corrected chi connectivity index (χ2v) is 26.7. The maximum atomic E-state index is 14.9. The van der Waals surface area contributed by atoms with E-state index < -0.39 is 183 Å². The summed E-state index contributed by atoms with van der Waals surface area (Å²) < 4.78 is 0. The van der Waals surface area contributed by atoms with Crippen molar-refractivity contribution in [3.63, 3.8) is 0 Å². The SMILES string of the molecule is C[C@@H](O)[C@@H]1NC(=O)C(NC(=O)c2ccc(-c3ccc(N4CCN(C5CCC(C6CCCCC6)CC5)CC4)cc3)cc2)C[C@@H](O)CNC(=O)[C@@H]2[C@@H](O)[C@@H](C)CN2C(=O)[C@H]([C@H](O)CCNC(CO)CO)NC(=O)[C@H]([C@H](O)Cc2ccc(O)c(O)c2)NC(=O)[C@@H]2C[C@@H](O)CN2C1=O. The van der Waals surface area contributed by atoms with Gasteiger partial charge in [0.05, 0.1) is 55.9 Å². The minimum absolute atomic E-state index is 0.0904. The molecule has 6 fully saturated rings. The number of aromatic hydroxyl groups is 2. The van der Waals surface area contributed by atoms with Crippen LogP contribution >= 0.6 is 0 Å². The van der Waals surface area contributed by atoms with Gasteiger partial charge < -0.3 is 97.7 Å². The number of aliphatic hydroxyl groups excluding tert-OH is 8.